The number of carbonyl (C=O) groups is 2. The quantitative estimate of drug-likeness (QED) is 0.682. The van der Waals surface area contributed by atoms with Crippen molar-refractivity contribution in [1.82, 2.24) is 20.9 Å². The highest BCUT2D eigenvalue weighted by molar-refractivity contribution is 5.86. The summed E-state index contributed by atoms with van der Waals surface area (Å²) in [6.45, 7) is 5.11. The molecule has 0 spiro atoms. The molecule has 0 saturated carbocycles. The number of hydrogen-bond acceptors (Lipinski definition) is 4. The molecule has 0 aromatic carbocycles. The van der Waals surface area contributed by atoms with Crippen LogP contribution in [0, 0.1) is 0 Å². The van der Waals surface area contributed by atoms with Crippen LogP contribution in [0.4, 0.5) is 0 Å². The zero-order valence-corrected chi connectivity index (χ0v) is 15.7. The van der Waals surface area contributed by atoms with E-state index in [4.69, 9.17) is 0 Å². The highest BCUT2D eigenvalue weighted by Gasteiger charge is 2.35. The highest BCUT2D eigenvalue weighted by atomic mass is 35.5. The molecule has 1 unspecified atom stereocenters. The van der Waals surface area contributed by atoms with Gasteiger partial charge >= 0.3 is 0 Å². The molecule has 136 valence electrons. The Kier molecular flexibility index (Phi) is 10.1. The van der Waals surface area contributed by atoms with Crippen LogP contribution in [0.25, 0.3) is 0 Å². The average molecular weight is 369 g/mol. The fourth-order valence-electron chi connectivity index (χ4n) is 3.11. The fourth-order valence-corrected chi connectivity index (χ4v) is 3.11. The first-order chi connectivity index (χ1) is 10.0. The summed E-state index contributed by atoms with van der Waals surface area (Å²) in [4.78, 5) is 25.9. The van der Waals surface area contributed by atoms with Crippen LogP contribution in [-0.4, -0.2) is 61.5 Å². The number of amides is 2. The van der Waals surface area contributed by atoms with Gasteiger partial charge in [0.15, 0.2) is 0 Å². The monoisotopic (exact) mass is 368 g/mol. The number of carbonyl (C=O) groups excluding carboxylic acids is 2. The molecule has 0 aromatic rings. The fraction of sp³-hybridized carbons (Fsp3) is 0.867. The van der Waals surface area contributed by atoms with Crippen molar-refractivity contribution in [2.24, 2.45) is 0 Å². The Hall–Kier alpha value is -0.560. The minimum atomic E-state index is -0.405. The lowest BCUT2D eigenvalue weighted by Gasteiger charge is -2.37. The van der Waals surface area contributed by atoms with Crippen LogP contribution in [0.15, 0.2) is 0 Å². The Bertz CT molecular complexity index is 382. The predicted octanol–water partition coefficient (Wildman–Crippen LogP) is 0.689. The SMILES string of the molecule is CNC(=O)CN1CCC(NC(=O)C2(C)CCCCN2)CC1.Cl.Cl. The van der Waals surface area contributed by atoms with Gasteiger partial charge in [-0.05, 0) is 45.6 Å². The number of nitrogens with zero attached hydrogens (tertiary/aromatic N) is 1. The third-order valence-corrected chi connectivity index (χ3v) is 4.69. The molecule has 0 aromatic heterocycles. The van der Waals surface area contributed by atoms with E-state index in [1.165, 1.54) is 0 Å². The number of rotatable bonds is 4. The summed E-state index contributed by atoms with van der Waals surface area (Å²) in [6, 6.07) is 0.235. The van der Waals surface area contributed by atoms with Gasteiger partial charge in [0, 0.05) is 26.2 Å². The normalized spacial score (nSPS) is 25.7. The van der Waals surface area contributed by atoms with Crippen LogP contribution in [-0.2, 0) is 9.59 Å². The van der Waals surface area contributed by atoms with E-state index in [9.17, 15) is 9.59 Å². The molecule has 23 heavy (non-hydrogen) atoms. The molecule has 6 nitrogen and oxygen atoms in total. The Morgan fingerprint density at radius 3 is 2.39 bits per heavy atom. The highest BCUT2D eigenvalue weighted by Crippen LogP contribution is 2.20. The molecule has 1 atom stereocenters. The van der Waals surface area contributed by atoms with Gasteiger partial charge in [0.2, 0.25) is 11.8 Å². The second-order valence-corrected chi connectivity index (χ2v) is 6.41. The summed E-state index contributed by atoms with van der Waals surface area (Å²) in [6.07, 6.45) is 5.01. The molecule has 8 heteroatoms. The second-order valence-electron chi connectivity index (χ2n) is 6.41. The molecule has 2 heterocycles. The number of nitrogens with one attached hydrogen (secondary N) is 3. The lowest BCUT2D eigenvalue weighted by atomic mass is 9.89. The maximum absolute atomic E-state index is 12.4. The molecule has 0 aliphatic carbocycles. The van der Waals surface area contributed by atoms with Crippen molar-refractivity contribution in [1.29, 1.82) is 0 Å². The van der Waals surface area contributed by atoms with E-state index in [1.54, 1.807) is 7.05 Å². The van der Waals surface area contributed by atoms with Gasteiger partial charge in [-0.1, -0.05) is 0 Å². The topological polar surface area (TPSA) is 73.5 Å². The van der Waals surface area contributed by atoms with E-state index < -0.39 is 5.54 Å². The van der Waals surface area contributed by atoms with Crippen LogP contribution >= 0.6 is 24.8 Å². The van der Waals surface area contributed by atoms with Crippen molar-refractivity contribution >= 4 is 36.6 Å². The van der Waals surface area contributed by atoms with E-state index in [2.05, 4.69) is 20.9 Å². The molecule has 2 amide bonds. The Morgan fingerprint density at radius 2 is 1.87 bits per heavy atom. The Balaban J connectivity index is 0.00000242. The molecule has 0 radical (unpaired) electrons. The van der Waals surface area contributed by atoms with Crippen LogP contribution in [0.3, 0.4) is 0 Å². The molecular formula is C15H30Cl2N4O2. The van der Waals surface area contributed by atoms with Crippen molar-refractivity contribution in [3.05, 3.63) is 0 Å². The average Bonchev–Trinajstić information content (AvgIpc) is 2.50. The Morgan fingerprint density at radius 1 is 1.22 bits per heavy atom. The van der Waals surface area contributed by atoms with Gasteiger partial charge in [-0.15, -0.1) is 24.8 Å². The van der Waals surface area contributed by atoms with Crippen LogP contribution in [0.1, 0.15) is 39.0 Å². The van der Waals surface area contributed by atoms with Crippen LogP contribution in [0.2, 0.25) is 0 Å². The Labute approximate surface area is 151 Å². The lowest BCUT2D eigenvalue weighted by Crippen LogP contribution is -2.59. The molecule has 2 aliphatic heterocycles. The largest absolute Gasteiger partial charge is 0.358 e. The lowest BCUT2D eigenvalue weighted by molar-refractivity contribution is -0.129. The van der Waals surface area contributed by atoms with Crippen molar-refractivity contribution < 1.29 is 9.59 Å². The summed E-state index contributed by atoms with van der Waals surface area (Å²) in [5, 5.41) is 9.19. The minimum absolute atomic E-state index is 0. The zero-order valence-electron chi connectivity index (χ0n) is 14.0. The van der Waals surface area contributed by atoms with Gasteiger partial charge in [-0.25, -0.2) is 0 Å². The molecule has 2 aliphatic rings. The van der Waals surface area contributed by atoms with Crippen molar-refractivity contribution in [3.8, 4) is 0 Å². The van der Waals surface area contributed by atoms with Crippen molar-refractivity contribution in [2.45, 2.75) is 50.6 Å². The number of halogens is 2. The molecule has 2 fully saturated rings. The van der Waals surface area contributed by atoms with Gasteiger partial charge in [-0.2, -0.15) is 0 Å². The predicted molar refractivity (Wildman–Crippen MR) is 96.4 cm³/mol. The maximum atomic E-state index is 12.4. The van der Waals surface area contributed by atoms with E-state index in [0.29, 0.717) is 6.54 Å². The zero-order chi connectivity index (χ0) is 15.3. The molecule has 2 saturated heterocycles. The number of likely N-dealkylation sites (N-methyl/N-ethyl adjacent to an activating group) is 1. The smallest absolute Gasteiger partial charge is 0.240 e. The summed E-state index contributed by atoms with van der Waals surface area (Å²) in [5.41, 5.74) is -0.405. The number of likely N-dealkylation sites (tertiary alicyclic amines) is 1. The summed E-state index contributed by atoms with van der Waals surface area (Å²) < 4.78 is 0. The van der Waals surface area contributed by atoms with Gasteiger partial charge in [0.25, 0.3) is 0 Å². The molecule has 2 rings (SSSR count). The van der Waals surface area contributed by atoms with Gasteiger partial charge in [0.05, 0.1) is 12.1 Å². The van der Waals surface area contributed by atoms with Crippen LogP contribution in [0.5, 0.6) is 0 Å². The van der Waals surface area contributed by atoms with E-state index in [1.807, 2.05) is 6.92 Å². The maximum Gasteiger partial charge on any atom is 0.240 e. The third-order valence-electron chi connectivity index (χ3n) is 4.69. The van der Waals surface area contributed by atoms with Gasteiger partial charge in [0.1, 0.15) is 0 Å². The summed E-state index contributed by atoms with van der Waals surface area (Å²) in [7, 11) is 1.66. The number of piperidine rings is 2. The van der Waals surface area contributed by atoms with Crippen molar-refractivity contribution in [2.75, 3.05) is 33.2 Å². The first kappa shape index (κ1) is 22.4. The first-order valence-electron chi connectivity index (χ1n) is 8.02. The summed E-state index contributed by atoms with van der Waals surface area (Å²) in [5.74, 6) is 0.184. The van der Waals surface area contributed by atoms with E-state index in [0.717, 1.165) is 51.7 Å². The van der Waals surface area contributed by atoms with Crippen LogP contribution < -0.4 is 16.0 Å². The van der Waals surface area contributed by atoms with Gasteiger partial charge in [-0.3, -0.25) is 14.5 Å². The number of hydrogen-bond donors (Lipinski definition) is 3. The minimum Gasteiger partial charge on any atom is -0.358 e. The first-order valence-corrected chi connectivity index (χ1v) is 8.02. The van der Waals surface area contributed by atoms with Crippen molar-refractivity contribution in [3.63, 3.8) is 0 Å². The van der Waals surface area contributed by atoms with Gasteiger partial charge < -0.3 is 16.0 Å². The molecule has 0 bridgehead atoms. The van der Waals surface area contributed by atoms with E-state index >= 15 is 0 Å². The second kappa shape index (κ2) is 10.3. The molecular weight excluding hydrogens is 339 g/mol. The summed E-state index contributed by atoms with van der Waals surface area (Å²) >= 11 is 0. The molecule has 3 N–H and O–H groups in total. The standard InChI is InChI=1S/C15H28N4O2.2ClH/c1-15(7-3-4-8-17-15)14(21)18-12-5-9-19(10-6-12)11-13(20)16-2;;/h12,17H,3-11H2,1-2H3,(H,16,20)(H,18,21);2*1H. The third kappa shape index (κ3) is 6.45. The van der Waals surface area contributed by atoms with E-state index in [-0.39, 0.29) is 42.7 Å².